The summed E-state index contributed by atoms with van der Waals surface area (Å²) in [5.41, 5.74) is -0.327. The lowest BCUT2D eigenvalue weighted by atomic mass is 9.96. The van der Waals surface area contributed by atoms with Gasteiger partial charge >= 0.3 is 0 Å². The van der Waals surface area contributed by atoms with Crippen LogP contribution in [0, 0.1) is 5.92 Å². The molecule has 1 heterocycles. The molecule has 1 N–H and O–H groups in total. The van der Waals surface area contributed by atoms with Crippen LogP contribution >= 0.6 is 0 Å². The molecular weight excluding hydrogens is 290 g/mol. The predicted octanol–water partition coefficient (Wildman–Crippen LogP) is 0.505. The SMILES string of the molecule is CCS(=O)(=O)N1CCCC(C(=O)NC(C)(C)CN(C)C)C1. The van der Waals surface area contributed by atoms with E-state index in [9.17, 15) is 13.2 Å². The number of amides is 1. The van der Waals surface area contributed by atoms with Crippen molar-refractivity contribution in [3.05, 3.63) is 0 Å². The van der Waals surface area contributed by atoms with Gasteiger partial charge in [-0.05, 0) is 47.7 Å². The summed E-state index contributed by atoms with van der Waals surface area (Å²) >= 11 is 0. The first-order valence-corrected chi connectivity index (χ1v) is 9.13. The summed E-state index contributed by atoms with van der Waals surface area (Å²) in [5.74, 6) is -0.202. The molecule has 0 aliphatic carbocycles. The van der Waals surface area contributed by atoms with E-state index in [2.05, 4.69) is 5.32 Å². The van der Waals surface area contributed by atoms with Crippen LogP contribution in [0.3, 0.4) is 0 Å². The fourth-order valence-electron chi connectivity index (χ4n) is 2.86. The molecule has 0 saturated carbocycles. The van der Waals surface area contributed by atoms with Crippen molar-refractivity contribution in [2.24, 2.45) is 5.92 Å². The van der Waals surface area contributed by atoms with E-state index in [-0.39, 0.29) is 23.1 Å². The van der Waals surface area contributed by atoms with E-state index < -0.39 is 10.0 Å². The number of sulfonamides is 1. The molecule has 1 unspecified atom stereocenters. The quantitative estimate of drug-likeness (QED) is 0.774. The van der Waals surface area contributed by atoms with Crippen LogP contribution in [0.25, 0.3) is 0 Å². The van der Waals surface area contributed by atoms with Crippen molar-refractivity contribution >= 4 is 15.9 Å². The maximum atomic E-state index is 12.4. The Hall–Kier alpha value is -0.660. The van der Waals surface area contributed by atoms with Gasteiger partial charge in [0, 0.05) is 25.2 Å². The van der Waals surface area contributed by atoms with E-state index >= 15 is 0 Å². The summed E-state index contributed by atoms with van der Waals surface area (Å²) in [5, 5.41) is 3.05. The number of rotatable bonds is 6. The third-order valence-corrected chi connectivity index (χ3v) is 5.53. The smallest absolute Gasteiger partial charge is 0.224 e. The summed E-state index contributed by atoms with van der Waals surface area (Å²) < 4.78 is 25.3. The number of nitrogens with one attached hydrogen (secondary N) is 1. The van der Waals surface area contributed by atoms with Crippen molar-refractivity contribution in [1.29, 1.82) is 0 Å². The van der Waals surface area contributed by atoms with Crippen LogP contribution in [0.2, 0.25) is 0 Å². The average molecular weight is 319 g/mol. The molecule has 0 radical (unpaired) electrons. The van der Waals surface area contributed by atoms with E-state index in [0.717, 1.165) is 19.4 Å². The van der Waals surface area contributed by atoms with Gasteiger partial charge < -0.3 is 10.2 Å². The van der Waals surface area contributed by atoms with Crippen LogP contribution in [-0.4, -0.2) is 68.6 Å². The first kappa shape index (κ1) is 18.4. The van der Waals surface area contributed by atoms with Crippen molar-refractivity contribution in [2.45, 2.75) is 39.2 Å². The molecule has 1 aliphatic rings. The molecule has 0 aromatic rings. The first-order chi connectivity index (χ1) is 9.57. The van der Waals surface area contributed by atoms with Gasteiger partial charge in [-0.1, -0.05) is 0 Å². The summed E-state index contributed by atoms with van der Waals surface area (Å²) in [6.45, 7) is 7.17. The molecule has 6 nitrogen and oxygen atoms in total. The molecule has 0 aromatic carbocycles. The standard InChI is InChI=1S/C14H29N3O3S/c1-6-21(19,20)17-9-7-8-12(10-17)13(18)15-14(2,3)11-16(4)5/h12H,6-11H2,1-5H3,(H,15,18). The molecule has 1 amide bonds. The molecule has 1 rings (SSSR count). The van der Waals surface area contributed by atoms with Crippen molar-refractivity contribution < 1.29 is 13.2 Å². The molecular formula is C14H29N3O3S. The molecule has 0 aromatic heterocycles. The van der Waals surface area contributed by atoms with Gasteiger partial charge in [-0.3, -0.25) is 4.79 Å². The zero-order chi connectivity index (χ0) is 16.3. The molecule has 1 aliphatic heterocycles. The molecule has 0 spiro atoms. The number of nitrogens with zero attached hydrogens (tertiary/aromatic N) is 2. The lowest BCUT2D eigenvalue weighted by Gasteiger charge is -2.35. The summed E-state index contributed by atoms with van der Waals surface area (Å²) in [7, 11) is 0.719. The Kier molecular flexibility index (Phi) is 6.19. The minimum absolute atomic E-state index is 0.0437. The van der Waals surface area contributed by atoms with Crippen LogP contribution in [0.4, 0.5) is 0 Å². The minimum atomic E-state index is -3.21. The number of carbonyl (C=O) groups is 1. The molecule has 0 bridgehead atoms. The zero-order valence-electron chi connectivity index (χ0n) is 13.8. The zero-order valence-corrected chi connectivity index (χ0v) is 14.7. The molecule has 1 atom stereocenters. The third kappa shape index (κ3) is 5.56. The number of carbonyl (C=O) groups excluding carboxylic acids is 1. The van der Waals surface area contributed by atoms with E-state index in [1.165, 1.54) is 4.31 Å². The van der Waals surface area contributed by atoms with Crippen LogP contribution < -0.4 is 5.32 Å². The molecule has 1 fully saturated rings. The highest BCUT2D eigenvalue weighted by Gasteiger charge is 2.33. The highest BCUT2D eigenvalue weighted by molar-refractivity contribution is 7.89. The third-order valence-electron chi connectivity index (χ3n) is 3.69. The van der Waals surface area contributed by atoms with Crippen molar-refractivity contribution in [3.8, 4) is 0 Å². The Morgan fingerprint density at radius 3 is 2.52 bits per heavy atom. The first-order valence-electron chi connectivity index (χ1n) is 7.52. The fourth-order valence-corrected chi connectivity index (χ4v) is 4.04. The number of hydrogen-bond acceptors (Lipinski definition) is 4. The second-order valence-corrected chi connectivity index (χ2v) is 8.97. The highest BCUT2D eigenvalue weighted by Crippen LogP contribution is 2.20. The normalized spacial score (nSPS) is 21.5. The topological polar surface area (TPSA) is 69.7 Å². The van der Waals surface area contributed by atoms with Crippen LogP contribution in [-0.2, 0) is 14.8 Å². The fraction of sp³-hybridized carbons (Fsp3) is 0.929. The lowest BCUT2D eigenvalue weighted by molar-refractivity contribution is -0.127. The Bertz CT molecular complexity index is 460. The highest BCUT2D eigenvalue weighted by atomic mass is 32.2. The van der Waals surface area contributed by atoms with Gasteiger partial charge in [0.05, 0.1) is 11.7 Å². The van der Waals surface area contributed by atoms with Crippen molar-refractivity contribution in [2.75, 3.05) is 39.5 Å². The Labute approximate surface area is 128 Å². The van der Waals surface area contributed by atoms with E-state index in [1.54, 1.807) is 6.92 Å². The van der Waals surface area contributed by atoms with Crippen LogP contribution in [0.1, 0.15) is 33.6 Å². The Morgan fingerprint density at radius 1 is 1.38 bits per heavy atom. The minimum Gasteiger partial charge on any atom is -0.350 e. The molecule has 21 heavy (non-hydrogen) atoms. The van der Waals surface area contributed by atoms with E-state index in [4.69, 9.17) is 0 Å². The second-order valence-electron chi connectivity index (χ2n) is 6.71. The van der Waals surface area contributed by atoms with Gasteiger partial charge in [-0.25, -0.2) is 12.7 Å². The number of hydrogen-bond donors (Lipinski definition) is 1. The van der Waals surface area contributed by atoms with E-state index in [0.29, 0.717) is 13.1 Å². The maximum Gasteiger partial charge on any atom is 0.224 e. The van der Waals surface area contributed by atoms with Gasteiger partial charge in [0.15, 0.2) is 0 Å². The predicted molar refractivity (Wildman–Crippen MR) is 84.5 cm³/mol. The summed E-state index contributed by atoms with van der Waals surface area (Å²) in [4.78, 5) is 14.4. The van der Waals surface area contributed by atoms with Crippen molar-refractivity contribution in [1.82, 2.24) is 14.5 Å². The second kappa shape index (κ2) is 7.07. The number of piperidine rings is 1. The van der Waals surface area contributed by atoms with E-state index in [1.807, 2.05) is 32.8 Å². The Morgan fingerprint density at radius 2 is 2.00 bits per heavy atom. The summed E-state index contributed by atoms with van der Waals surface area (Å²) in [6, 6.07) is 0. The van der Waals surface area contributed by atoms with Crippen molar-refractivity contribution in [3.63, 3.8) is 0 Å². The monoisotopic (exact) mass is 319 g/mol. The van der Waals surface area contributed by atoms with Gasteiger partial charge in [-0.2, -0.15) is 0 Å². The lowest BCUT2D eigenvalue weighted by Crippen LogP contribution is -2.54. The summed E-state index contributed by atoms with van der Waals surface area (Å²) in [6.07, 6.45) is 1.49. The molecule has 7 heteroatoms. The van der Waals surface area contributed by atoms with Crippen LogP contribution in [0.15, 0.2) is 0 Å². The molecule has 124 valence electrons. The average Bonchev–Trinajstić information content (AvgIpc) is 2.36. The van der Waals surface area contributed by atoms with Crippen LogP contribution in [0.5, 0.6) is 0 Å². The van der Waals surface area contributed by atoms with Gasteiger partial charge in [0.25, 0.3) is 0 Å². The molecule has 1 saturated heterocycles. The number of likely N-dealkylation sites (N-methyl/N-ethyl adjacent to an activating group) is 1. The Balaban J connectivity index is 2.66. The maximum absolute atomic E-state index is 12.4. The van der Waals surface area contributed by atoms with Gasteiger partial charge in [0.2, 0.25) is 15.9 Å². The largest absolute Gasteiger partial charge is 0.350 e. The van der Waals surface area contributed by atoms with Gasteiger partial charge in [-0.15, -0.1) is 0 Å². The van der Waals surface area contributed by atoms with Gasteiger partial charge in [0.1, 0.15) is 0 Å².